The van der Waals surface area contributed by atoms with Gasteiger partial charge in [0.25, 0.3) is 5.91 Å². The van der Waals surface area contributed by atoms with Gasteiger partial charge in [0.2, 0.25) is 6.79 Å². The predicted molar refractivity (Wildman–Crippen MR) is 104 cm³/mol. The number of carbonyl (C=O) groups excluding carboxylic acids is 1. The monoisotopic (exact) mass is 386 g/mol. The van der Waals surface area contributed by atoms with Crippen LogP contribution in [0, 0.1) is 0 Å². The number of piperidine rings is 1. The highest BCUT2D eigenvalue weighted by Crippen LogP contribution is 2.33. The van der Waals surface area contributed by atoms with E-state index in [-0.39, 0.29) is 18.7 Å². The van der Waals surface area contributed by atoms with Crippen LogP contribution in [-0.2, 0) is 4.74 Å². The number of aromatic nitrogens is 2. The van der Waals surface area contributed by atoms with Crippen molar-refractivity contribution in [3.63, 3.8) is 0 Å². The summed E-state index contributed by atoms with van der Waals surface area (Å²) in [6.07, 6.45) is 3.71. The van der Waals surface area contributed by atoms with E-state index >= 15 is 0 Å². The first-order valence-electron chi connectivity index (χ1n) is 9.63. The van der Waals surface area contributed by atoms with Crippen LogP contribution < -0.4 is 14.8 Å². The number of likely N-dealkylation sites (tertiary alicyclic amines) is 1. The van der Waals surface area contributed by atoms with E-state index in [0.717, 1.165) is 32.5 Å². The molecule has 3 heterocycles. The average Bonchev–Trinajstić information content (AvgIpc) is 3.37. The summed E-state index contributed by atoms with van der Waals surface area (Å²) in [6, 6.07) is 7.71. The number of carbonyl (C=O) groups is 1. The summed E-state index contributed by atoms with van der Waals surface area (Å²) in [5.74, 6) is 1.78. The molecule has 150 valence electrons. The van der Waals surface area contributed by atoms with Gasteiger partial charge in [-0.15, -0.1) is 0 Å². The Hall–Kier alpha value is -2.58. The predicted octanol–water partition coefficient (Wildman–Crippen LogP) is 2.54. The van der Waals surface area contributed by atoms with Gasteiger partial charge in [0, 0.05) is 37.9 Å². The molecule has 2 aliphatic heterocycles. The lowest BCUT2D eigenvalue weighted by Gasteiger charge is -2.36. The summed E-state index contributed by atoms with van der Waals surface area (Å²) in [5.41, 5.74) is 0.528. The summed E-state index contributed by atoms with van der Waals surface area (Å²) in [5, 5.41) is 7.45. The van der Waals surface area contributed by atoms with Crippen molar-refractivity contribution in [2.75, 3.05) is 38.9 Å². The summed E-state index contributed by atoms with van der Waals surface area (Å²) in [6.45, 7) is 5.10. The largest absolute Gasteiger partial charge is 0.454 e. The molecule has 1 aromatic carbocycles. The summed E-state index contributed by atoms with van der Waals surface area (Å²) in [4.78, 5) is 15.1. The Morgan fingerprint density at radius 2 is 2.07 bits per heavy atom. The molecule has 0 spiro atoms. The second-order valence-corrected chi connectivity index (χ2v) is 7.25. The molecule has 0 saturated carbocycles. The zero-order valence-corrected chi connectivity index (χ0v) is 16.3. The maximum atomic E-state index is 12.7. The molecule has 28 heavy (non-hydrogen) atoms. The second-order valence-electron chi connectivity index (χ2n) is 7.25. The van der Waals surface area contributed by atoms with Crippen LogP contribution in [0.2, 0.25) is 0 Å². The standard InChI is InChI=1S/C20H26N4O4/c1-14(12-26-2)23-9-6-16(7-10-23)24-19(5-8-21-24)22-20(25)15-3-4-17-18(11-15)28-13-27-17/h3-5,8,11,14,16H,6-7,9-10,12-13H2,1-2H3,(H,22,25)/t14-/m1/s1. The van der Waals surface area contributed by atoms with E-state index in [1.54, 1.807) is 31.5 Å². The van der Waals surface area contributed by atoms with Gasteiger partial charge in [-0.3, -0.25) is 9.69 Å². The van der Waals surface area contributed by atoms with Crippen molar-refractivity contribution in [1.29, 1.82) is 0 Å². The molecule has 1 aromatic heterocycles. The third-order valence-electron chi connectivity index (χ3n) is 5.42. The molecule has 8 heteroatoms. The third kappa shape index (κ3) is 3.83. The van der Waals surface area contributed by atoms with Crippen LogP contribution in [0.25, 0.3) is 0 Å². The number of amides is 1. The van der Waals surface area contributed by atoms with Crippen LogP contribution in [-0.4, -0.2) is 60.2 Å². The van der Waals surface area contributed by atoms with E-state index < -0.39 is 0 Å². The number of rotatable bonds is 6. The van der Waals surface area contributed by atoms with Crippen LogP contribution in [0.4, 0.5) is 5.82 Å². The third-order valence-corrected chi connectivity index (χ3v) is 5.42. The fourth-order valence-corrected chi connectivity index (χ4v) is 3.85. The van der Waals surface area contributed by atoms with E-state index in [1.807, 2.05) is 10.7 Å². The second kappa shape index (κ2) is 8.20. The topological polar surface area (TPSA) is 77.9 Å². The van der Waals surface area contributed by atoms with Crippen molar-refractivity contribution in [1.82, 2.24) is 14.7 Å². The van der Waals surface area contributed by atoms with Crippen LogP contribution in [0.3, 0.4) is 0 Å². The van der Waals surface area contributed by atoms with Gasteiger partial charge in [-0.1, -0.05) is 0 Å². The first-order chi connectivity index (χ1) is 13.7. The number of methoxy groups -OCH3 is 1. The van der Waals surface area contributed by atoms with Gasteiger partial charge in [0.1, 0.15) is 5.82 Å². The molecule has 1 amide bonds. The molecule has 0 unspecified atom stereocenters. The Bertz CT molecular complexity index is 829. The SMILES string of the molecule is COC[C@@H](C)N1CCC(n2nccc2NC(=O)c2ccc3c(c2)OCO3)CC1. The van der Waals surface area contributed by atoms with Gasteiger partial charge in [0.15, 0.2) is 11.5 Å². The molecule has 1 N–H and O–H groups in total. The number of hydrogen-bond donors (Lipinski definition) is 1. The number of nitrogens with one attached hydrogen (secondary N) is 1. The van der Waals surface area contributed by atoms with E-state index in [2.05, 4.69) is 22.2 Å². The average molecular weight is 386 g/mol. The molecule has 1 atom stereocenters. The lowest BCUT2D eigenvalue weighted by Crippen LogP contribution is -2.42. The first-order valence-corrected chi connectivity index (χ1v) is 9.63. The van der Waals surface area contributed by atoms with Gasteiger partial charge in [0.05, 0.1) is 18.8 Å². The van der Waals surface area contributed by atoms with Gasteiger partial charge in [-0.2, -0.15) is 5.10 Å². The van der Waals surface area contributed by atoms with Crippen molar-refractivity contribution in [2.24, 2.45) is 0 Å². The van der Waals surface area contributed by atoms with Crippen molar-refractivity contribution in [2.45, 2.75) is 31.8 Å². The zero-order valence-electron chi connectivity index (χ0n) is 16.3. The summed E-state index contributed by atoms with van der Waals surface area (Å²) in [7, 11) is 1.74. The number of benzene rings is 1. The Morgan fingerprint density at radius 3 is 2.86 bits per heavy atom. The van der Waals surface area contributed by atoms with Gasteiger partial charge >= 0.3 is 0 Å². The van der Waals surface area contributed by atoms with Crippen LogP contribution in [0.5, 0.6) is 11.5 Å². The summed E-state index contributed by atoms with van der Waals surface area (Å²) < 4.78 is 17.9. The van der Waals surface area contributed by atoms with Crippen molar-refractivity contribution in [3.05, 3.63) is 36.0 Å². The number of fused-ring (bicyclic) bond motifs is 1. The highest BCUT2D eigenvalue weighted by molar-refractivity contribution is 6.04. The van der Waals surface area contributed by atoms with E-state index in [1.165, 1.54) is 0 Å². The smallest absolute Gasteiger partial charge is 0.256 e. The van der Waals surface area contributed by atoms with Crippen LogP contribution in [0.1, 0.15) is 36.2 Å². The molecule has 2 aromatic rings. The van der Waals surface area contributed by atoms with E-state index in [4.69, 9.17) is 14.2 Å². The fourth-order valence-electron chi connectivity index (χ4n) is 3.85. The molecule has 8 nitrogen and oxygen atoms in total. The lowest BCUT2D eigenvalue weighted by molar-refractivity contribution is 0.0736. The molecule has 0 aliphatic carbocycles. The first kappa shape index (κ1) is 18.8. The molecule has 1 saturated heterocycles. The zero-order chi connectivity index (χ0) is 19.5. The minimum Gasteiger partial charge on any atom is -0.454 e. The number of ether oxygens (including phenoxy) is 3. The maximum absolute atomic E-state index is 12.7. The Balaban J connectivity index is 1.40. The number of anilines is 1. The quantitative estimate of drug-likeness (QED) is 0.822. The summed E-state index contributed by atoms with van der Waals surface area (Å²) >= 11 is 0. The number of nitrogens with zero attached hydrogens (tertiary/aromatic N) is 3. The van der Waals surface area contributed by atoms with E-state index in [9.17, 15) is 4.79 Å². The van der Waals surface area contributed by atoms with Crippen molar-refractivity contribution < 1.29 is 19.0 Å². The van der Waals surface area contributed by atoms with Crippen LogP contribution in [0.15, 0.2) is 30.5 Å². The fraction of sp³-hybridized carbons (Fsp3) is 0.500. The minimum absolute atomic E-state index is 0.189. The van der Waals surface area contributed by atoms with Crippen molar-refractivity contribution >= 4 is 11.7 Å². The lowest BCUT2D eigenvalue weighted by atomic mass is 10.0. The molecule has 0 bridgehead atoms. The van der Waals surface area contributed by atoms with Gasteiger partial charge in [-0.05, 0) is 38.0 Å². The Morgan fingerprint density at radius 1 is 1.29 bits per heavy atom. The Kier molecular flexibility index (Phi) is 5.50. The van der Waals surface area contributed by atoms with Gasteiger partial charge < -0.3 is 19.5 Å². The molecule has 4 rings (SSSR count). The van der Waals surface area contributed by atoms with Crippen LogP contribution >= 0.6 is 0 Å². The molecular weight excluding hydrogens is 360 g/mol. The maximum Gasteiger partial charge on any atom is 0.256 e. The van der Waals surface area contributed by atoms with Crippen molar-refractivity contribution in [3.8, 4) is 11.5 Å². The van der Waals surface area contributed by atoms with E-state index in [0.29, 0.717) is 28.9 Å². The molecule has 0 radical (unpaired) electrons. The molecular formula is C20H26N4O4. The minimum atomic E-state index is -0.189. The highest BCUT2D eigenvalue weighted by atomic mass is 16.7. The Labute approximate surface area is 164 Å². The highest BCUT2D eigenvalue weighted by Gasteiger charge is 2.26. The molecule has 1 fully saturated rings. The van der Waals surface area contributed by atoms with Gasteiger partial charge in [-0.25, -0.2) is 4.68 Å². The normalized spacial score (nSPS) is 18.2. The number of hydrogen-bond acceptors (Lipinski definition) is 6. The molecule has 2 aliphatic rings.